The van der Waals surface area contributed by atoms with Gasteiger partial charge in [-0.2, -0.15) is 0 Å². The summed E-state index contributed by atoms with van der Waals surface area (Å²) in [5.74, 6) is 0.960. The summed E-state index contributed by atoms with van der Waals surface area (Å²) in [6.45, 7) is 0.810. The quantitative estimate of drug-likeness (QED) is 0.929. The number of nitrogens with zero attached hydrogens (tertiary/aromatic N) is 2. The molecule has 0 saturated carbocycles. The standard InChI is InChI=1S/C20H27N3O2/c1-23-13-21-12-19(23)20-11-17(7-8-25-20)22-16-5-3-14-4-6-18(24-2)10-15(14)9-16/h4,6,10,12-13,16-17,20,22H,3,5,7-9,11H2,1-2H3/t16-,17+,20+/m1/s1. The molecule has 2 aliphatic rings. The molecule has 1 saturated heterocycles. The normalized spacial score (nSPS) is 26.2. The zero-order valence-corrected chi connectivity index (χ0v) is 15.1. The van der Waals surface area contributed by atoms with E-state index in [4.69, 9.17) is 9.47 Å². The molecule has 1 N–H and O–H groups in total. The lowest BCUT2D eigenvalue weighted by Gasteiger charge is -2.35. The molecule has 5 nitrogen and oxygen atoms in total. The molecule has 0 bridgehead atoms. The van der Waals surface area contributed by atoms with Crippen LogP contribution >= 0.6 is 0 Å². The fraction of sp³-hybridized carbons (Fsp3) is 0.550. The molecule has 0 radical (unpaired) electrons. The first-order chi connectivity index (χ1) is 12.2. The van der Waals surface area contributed by atoms with E-state index in [1.165, 1.54) is 23.2 Å². The highest BCUT2D eigenvalue weighted by atomic mass is 16.5. The Kier molecular flexibility index (Phi) is 4.77. The van der Waals surface area contributed by atoms with E-state index >= 15 is 0 Å². The number of fused-ring (bicyclic) bond motifs is 1. The molecule has 3 atom stereocenters. The molecule has 1 aliphatic carbocycles. The third kappa shape index (κ3) is 3.58. The minimum absolute atomic E-state index is 0.148. The van der Waals surface area contributed by atoms with Crippen molar-refractivity contribution in [2.75, 3.05) is 13.7 Å². The van der Waals surface area contributed by atoms with Crippen LogP contribution in [-0.2, 0) is 24.6 Å². The van der Waals surface area contributed by atoms with Gasteiger partial charge in [0.05, 0.1) is 25.3 Å². The maximum Gasteiger partial charge on any atom is 0.119 e. The van der Waals surface area contributed by atoms with Crippen LogP contribution in [0.5, 0.6) is 5.75 Å². The average Bonchev–Trinajstić information content (AvgIpc) is 3.07. The first-order valence-electron chi connectivity index (χ1n) is 9.22. The summed E-state index contributed by atoms with van der Waals surface area (Å²) in [5.41, 5.74) is 4.07. The third-order valence-electron chi connectivity index (χ3n) is 5.58. The van der Waals surface area contributed by atoms with Crippen molar-refractivity contribution in [1.29, 1.82) is 0 Å². The lowest BCUT2D eigenvalue weighted by molar-refractivity contribution is -0.00592. The highest BCUT2D eigenvalue weighted by Gasteiger charge is 2.28. The van der Waals surface area contributed by atoms with Gasteiger partial charge in [0.25, 0.3) is 0 Å². The van der Waals surface area contributed by atoms with E-state index in [1.807, 2.05) is 19.6 Å². The molecule has 1 fully saturated rings. The number of nitrogens with one attached hydrogen (secondary N) is 1. The molecule has 134 valence electrons. The van der Waals surface area contributed by atoms with Gasteiger partial charge < -0.3 is 19.4 Å². The minimum Gasteiger partial charge on any atom is -0.497 e. The zero-order chi connectivity index (χ0) is 17.2. The molecule has 0 spiro atoms. The van der Waals surface area contributed by atoms with Crippen molar-refractivity contribution >= 4 is 0 Å². The lowest BCUT2D eigenvalue weighted by atomic mass is 9.87. The molecule has 1 aromatic heterocycles. The maximum absolute atomic E-state index is 5.99. The van der Waals surface area contributed by atoms with Crippen molar-refractivity contribution in [3.05, 3.63) is 47.5 Å². The van der Waals surface area contributed by atoms with Gasteiger partial charge in [0.15, 0.2) is 0 Å². The topological polar surface area (TPSA) is 48.3 Å². The smallest absolute Gasteiger partial charge is 0.119 e. The monoisotopic (exact) mass is 341 g/mol. The second-order valence-corrected chi connectivity index (χ2v) is 7.25. The largest absolute Gasteiger partial charge is 0.497 e. The minimum atomic E-state index is 0.148. The van der Waals surface area contributed by atoms with Crippen LogP contribution in [0.15, 0.2) is 30.7 Å². The average molecular weight is 341 g/mol. The lowest BCUT2D eigenvalue weighted by Crippen LogP contribution is -2.44. The van der Waals surface area contributed by atoms with Crippen LogP contribution in [0.1, 0.15) is 42.2 Å². The van der Waals surface area contributed by atoms with E-state index in [1.54, 1.807) is 7.11 Å². The summed E-state index contributed by atoms with van der Waals surface area (Å²) in [7, 11) is 3.77. The second-order valence-electron chi connectivity index (χ2n) is 7.25. The van der Waals surface area contributed by atoms with Gasteiger partial charge in [0.1, 0.15) is 11.9 Å². The molecule has 2 heterocycles. The van der Waals surface area contributed by atoms with Crippen molar-refractivity contribution in [3.8, 4) is 5.75 Å². The summed E-state index contributed by atoms with van der Waals surface area (Å²) in [6.07, 6.45) is 9.45. The number of hydrogen-bond acceptors (Lipinski definition) is 4. The van der Waals surface area contributed by atoms with Gasteiger partial charge in [-0.15, -0.1) is 0 Å². The molecule has 1 aliphatic heterocycles. The van der Waals surface area contributed by atoms with Crippen LogP contribution in [0.2, 0.25) is 0 Å². The molecule has 0 unspecified atom stereocenters. The predicted molar refractivity (Wildman–Crippen MR) is 96.9 cm³/mol. The Morgan fingerprint density at radius 3 is 2.96 bits per heavy atom. The van der Waals surface area contributed by atoms with Gasteiger partial charge in [-0.3, -0.25) is 0 Å². The highest BCUT2D eigenvalue weighted by molar-refractivity contribution is 5.37. The Balaban J connectivity index is 1.39. The molecule has 1 aromatic carbocycles. The van der Waals surface area contributed by atoms with Crippen LogP contribution in [0.3, 0.4) is 0 Å². The number of ether oxygens (including phenoxy) is 2. The predicted octanol–water partition coefficient (Wildman–Crippen LogP) is 2.80. The molecule has 0 amide bonds. The van der Waals surface area contributed by atoms with Gasteiger partial charge in [-0.05, 0) is 55.4 Å². The van der Waals surface area contributed by atoms with E-state index in [0.717, 1.165) is 38.0 Å². The van der Waals surface area contributed by atoms with E-state index < -0.39 is 0 Å². The Labute approximate surface area is 149 Å². The van der Waals surface area contributed by atoms with Crippen molar-refractivity contribution in [2.24, 2.45) is 7.05 Å². The van der Waals surface area contributed by atoms with Crippen molar-refractivity contribution < 1.29 is 9.47 Å². The highest BCUT2D eigenvalue weighted by Crippen LogP contribution is 2.30. The Bertz CT molecular complexity index is 727. The fourth-order valence-electron chi connectivity index (χ4n) is 4.17. The maximum atomic E-state index is 5.99. The SMILES string of the molecule is COc1ccc2c(c1)C[C@H](N[C@H]1CCO[C@H](c3cncn3C)C1)CC2. The van der Waals surface area contributed by atoms with E-state index in [-0.39, 0.29) is 6.10 Å². The van der Waals surface area contributed by atoms with Gasteiger partial charge in [0.2, 0.25) is 0 Å². The van der Waals surface area contributed by atoms with Crippen LogP contribution in [0.25, 0.3) is 0 Å². The Morgan fingerprint density at radius 2 is 2.16 bits per heavy atom. The Hall–Kier alpha value is -1.85. The van der Waals surface area contributed by atoms with E-state index in [0.29, 0.717) is 12.1 Å². The molecular formula is C20H27N3O2. The van der Waals surface area contributed by atoms with Crippen LogP contribution in [-0.4, -0.2) is 35.4 Å². The van der Waals surface area contributed by atoms with Crippen molar-refractivity contribution in [1.82, 2.24) is 14.9 Å². The number of aryl methyl sites for hydroxylation is 2. The summed E-state index contributed by atoms with van der Waals surface area (Å²) in [6, 6.07) is 7.53. The van der Waals surface area contributed by atoms with Gasteiger partial charge in [-0.25, -0.2) is 4.98 Å². The number of hydrogen-bond donors (Lipinski definition) is 1. The summed E-state index contributed by atoms with van der Waals surface area (Å²) in [5, 5.41) is 3.90. The zero-order valence-electron chi connectivity index (χ0n) is 15.1. The first kappa shape index (κ1) is 16.6. The summed E-state index contributed by atoms with van der Waals surface area (Å²) < 4.78 is 13.4. The third-order valence-corrected chi connectivity index (χ3v) is 5.58. The number of benzene rings is 1. The number of rotatable bonds is 4. The molecule has 25 heavy (non-hydrogen) atoms. The molecule has 2 aromatic rings. The second kappa shape index (κ2) is 7.18. The first-order valence-corrected chi connectivity index (χ1v) is 9.22. The summed E-state index contributed by atoms with van der Waals surface area (Å²) >= 11 is 0. The van der Waals surface area contributed by atoms with Gasteiger partial charge in [0, 0.05) is 25.7 Å². The Morgan fingerprint density at radius 1 is 1.24 bits per heavy atom. The van der Waals surface area contributed by atoms with Gasteiger partial charge >= 0.3 is 0 Å². The summed E-state index contributed by atoms with van der Waals surface area (Å²) in [4.78, 5) is 4.23. The van der Waals surface area contributed by atoms with Crippen LogP contribution in [0, 0.1) is 0 Å². The molecule has 5 heteroatoms. The number of imidazole rings is 1. The van der Waals surface area contributed by atoms with E-state index in [9.17, 15) is 0 Å². The molecule has 4 rings (SSSR count). The number of aromatic nitrogens is 2. The number of methoxy groups -OCH3 is 1. The fourth-order valence-corrected chi connectivity index (χ4v) is 4.17. The molecular weight excluding hydrogens is 314 g/mol. The van der Waals surface area contributed by atoms with Crippen molar-refractivity contribution in [3.63, 3.8) is 0 Å². The van der Waals surface area contributed by atoms with Gasteiger partial charge in [-0.1, -0.05) is 6.07 Å². The van der Waals surface area contributed by atoms with Crippen LogP contribution < -0.4 is 10.1 Å². The van der Waals surface area contributed by atoms with Crippen molar-refractivity contribution in [2.45, 2.75) is 50.3 Å². The van der Waals surface area contributed by atoms with E-state index in [2.05, 4.69) is 33.1 Å². The van der Waals surface area contributed by atoms with Crippen LogP contribution in [0.4, 0.5) is 0 Å².